The lowest BCUT2D eigenvalue weighted by atomic mass is 9.87. The summed E-state index contributed by atoms with van der Waals surface area (Å²) in [4.78, 5) is 8.40. The average Bonchev–Trinajstić information content (AvgIpc) is 3.02. The first-order valence-electron chi connectivity index (χ1n) is 8.30. The maximum atomic E-state index is 8.49. The number of benzene rings is 1. The van der Waals surface area contributed by atoms with Crippen molar-refractivity contribution in [1.29, 1.82) is 0 Å². The molecule has 1 atom stereocenters. The zero-order valence-electron chi connectivity index (χ0n) is 15.2. The van der Waals surface area contributed by atoms with Crippen LogP contribution >= 0.6 is 0 Å². The van der Waals surface area contributed by atoms with Crippen LogP contribution in [0.5, 0.6) is 5.75 Å². The molecular formula is C18H22N6O2. The van der Waals surface area contributed by atoms with Gasteiger partial charge in [0.15, 0.2) is 0 Å². The van der Waals surface area contributed by atoms with Crippen LogP contribution in [0, 0.1) is 0 Å². The molecule has 0 amide bonds. The predicted octanol–water partition coefficient (Wildman–Crippen LogP) is 3.39. The topological polar surface area (TPSA) is 96.9 Å². The van der Waals surface area contributed by atoms with Crippen molar-refractivity contribution in [3.8, 4) is 5.75 Å². The molecule has 1 aromatic carbocycles. The molecular weight excluding hydrogens is 332 g/mol. The van der Waals surface area contributed by atoms with E-state index in [2.05, 4.69) is 58.4 Å². The molecule has 0 aliphatic rings. The van der Waals surface area contributed by atoms with Crippen LogP contribution in [0.15, 0.2) is 41.7 Å². The number of aromatic nitrogens is 4. The molecule has 0 aliphatic carbocycles. The predicted molar refractivity (Wildman–Crippen MR) is 98.9 cm³/mol. The molecule has 3 aromatic rings. The molecule has 1 unspecified atom stereocenters. The summed E-state index contributed by atoms with van der Waals surface area (Å²) in [5.41, 5.74) is 2.15. The molecule has 0 fully saturated rings. The van der Waals surface area contributed by atoms with Crippen molar-refractivity contribution >= 4 is 18.1 Å². The van der Waals surface area contributed by atoms with Gasteiger partial charge in [-0.3, -0.25) is 0 Å². The Balaban J connectivity index is 1.83. The van der Waals surface area contributed by atoms with Gasteiger partial charge < -0.3 is 15.3 Å². The summed E-state index contributed by atoms with van der Waals surface area (Å²) in [6, 6.07) is 9.94. The van der Waals surface area contributed by atoms with Gasteiger partial charge in [-0.25, -0.2) is 4.98 Å². The number of nitrogens with zero attached hydrogens (tertiary/aromatic N) is 5. The maximum Gasteiger partial charge on any atom is 0.254 e. The molecule has 136 valence electrons. The molecule has 2 N–H and O–H groups in total. The van der Waals surface area contributed by atoms with Gasteiger partial charge in [0.05, 0.1) is 5.69 Å². The van der Waals surface area contributed by atoms with Crippen LogP contribution in [-0.4, -0.2) is 31.1 Å². The molecule has 0 bridgehead atoms. The molecule has 0 saturated carbocycles. The highest BCUT2D eigenvalue weighted by Crippen LogP contribution is 2.27. The first-order valence-corrected chi connectivity index (χ1v) is 8.30. The Bertz CT molecular complexity index is 912. The molecule has 8 heteroatoms. The van der Waals surface area contributed by atoms with Gasteiger partial charge in [-0.05, 0) is 36.1 Å². The van der Waals surface area contributed by atoms with E-state index >= 15 is 0 Å². The lowest BCUT2D eigenvalue weighted by Crippen LogP contribution is -2.12. The van der Waals surface area contributed by atoms with Gasteiger partial charge in [0, 0.05) is 6.20 Å². The van der Waals surface area contributed by atoms with Gasteiger partial charge in [-0.2, -0.15) is 9.50 Å². The third-order valence-corrected chi connectivity index (χ3v) is 3.97. The molecule has 3 rings (SSSR count). The summed E-state index contributed by atoms with van der Waals surface area (Å²) in [6.45, 7) is 8.47. The average molecular weight is 354 g/mol. The highest BCUT2D eigenvalue weighted by atomic mass is 16.5. The number of hydrogen-bond acceptors (Lipinski definition) is 6. The van der Waals surface area contributed by atoms with E-state index in [1.54, 1.807) is 10.7 Å². The van der Waals surface area contributed by atoms with Crippen LogP contribution in [0.3, 0.4) is 0 Å². The van der Waals surface area contributed by atoms with Crippen LogP contribution in [0.25, 0.3) is 5.78 Å². The monoisotopic (exact) mass is 354 g/mol. The number of rotatable bonds is 5. The molecule has 26 heavy (non-hydrogen) atoms. The molecule has 0 spiro atoms. The van der Waals surface area contributed by atoms with Crippen LogP contribution in [-0.2, 0) is 5.41 Å². The second kappa shape index (κ2) is 6.99. The fraction of sp³-hybridized carbons (Fsp3) is 0.333. The van der Waals surface area contributed by atoms with E-state index in [-0.39, 0.29) is 17.5 Å². The quantitative estimate of drug-likeness (QED) is 0.315. The Morgan fingerprint density at radius 3 is 2.62 bits per heavy atom. The molecule has 8 nitrogen and oxygen atoms in total. The van der Waals surface area contributed by atoms with Crippen LogP contribution in [0.4, 0.5) is 5.95 Å². The molecule has 2 heterocycles. The fourth-order valence-corrected chi connectivity index (χ4v) is 2.57. The maximum absolute atomic E-state index is 8.49. The lowest BCUT2D eigenvalue weighted by molar-refractivity contribution is 0.218. The summed E-state index contributed by atoms with van der Waals surface area (Å²) >= 11 is 0. The van der Waals surface area contributed by atoms with E-state index < -0.39 is 0 Å². The van der Waals surface area contributed by atoms with E-state index in [0.29, 0.717) is 5.78 Å². The zero-order valence-corrected chi connectivity index (χ0v) is 15.2. The van der Waals surface area contributed by atoms with Gasteiger partial charge in [0.25, 0.3) is 5.78 Å². The zero-order chi connectivity index (χ0) is 18.7. The Labute approximate surface area is 151 Å². The molecule has 0 saturated heterocycles. The number of nitrogens with one attached hydrogen (secondary N) is 1. The third-order valence-electron chi connectivity index (χ3n) is 3.97. The van der Waals surface area contributed by atoms with E-state index in [9.17, 15) is 0 Å². The Morgan fingerprint density at radius 2 is 1.96 bits per heavy atom. The number of ether oxygens (including phenoxy) is 1. The normalized spacial score (nSPS) is 13.2. The number of oxime groups is 1. The van der Waals surface area contributed by atoms with Gasteiger partial charge >= 0.3 is 0 Å². The minimum Gasteiger partial charge on any atom is -0.484 e. The fourth-order valence-electron chi connectivity index (χ4n) is 2.57. The molecule has 0 aliphatic heterocycles. The minimum atomic E-state index is -0.262. The second-order valence-corrected chi connectivity index (χ2v) is 6.94. The SMILES string of the molecule is CC(Oc1ccc(C(C)(C)C)cc1)c1ccnc2nc(N/C=N\O)nn12. The number of hydrogen-bond donors (Lipinski definition) is 2. The highest BCUT2D eigenvalue weighted by molar-refractivity contribution is 5.71. The van der Waals surface area contributed by atoms with Crippen molar-refractivity contribution in [2.24, 2.45) is 5.16 Å². The van der Waals surface area contributed by atoms with Crippen LogP contribution in [0.2, 0.25) is 0 Å². The standard InChI is InChI=1S/C18H22N6O2/c1-12(26-14-7-5-13(6-8-14)18(2,3)4)15-9-10-19-17-22-16(20-11-21-25)23-24(15)17/h5-12,25H,1-4H3,(H,20,21,23). The van der Waals surface area contributed by atoms with Gasteiger partial charge in [0.1, 0.15) is 18.2 Å². The number of anilines is 1. The third kappa shape index (κ3) is 3.74. The Morgan fingerprint density at radius 1 is 1.23 bits per heavy atom. The summed E-state index contributed by atoms with van der Waals surface area (Å²) < 4.78 is 7.66. The van der Waals surface area contributed by atoms with Gasteiger partial charge in [-0.15, -0.1) is 5.10 Å². The van der Waals surface area contributed by atoms with Gasteiger partial charge in [-0.1, -0.05) is 38.1 Å². The van der Waals surface area contributed by atoms with Gasteiger partial charge in [0.2, 0.25) is 5.95 Å². The Kier molecular flexibility index (Phi) is 4.75. The van der Waals surface area contributed by atoms with Crippen molar-refractivity contribution in [2.45, 2.75) is 39.2 Å². The first kappa shape index (κ1) is 17.7. The van der Waals surface area contributed by atoms with Crippen LogP contribution in [0.1, 0.15) is 45.1 Å². The van der Waals surface area contributed by atoms with Crippen LogP contribution < -0.4 is 10.1 Å². The number of fused-ring (bicyclic) bond motifs is 1. The van der Waals surface area contributed by atoms with E-state index in [1.165, 1.54) is 5.56 Å². The van der Waals surface area contributed by atoms with Crippen molar-refractivity contribution in [3.05, 3.63) is 47.8 Å². The summed E-state index contributed by atoms with van der Waals surface area (Å²) in [7, 11) is 0. The Hall–Kier alpha value is -3.16. The van der Waals surface area contributed by atoms with Crippen molar-refractivity contribution in [1.82, 2.24) is 19.6 Å². The summed E-state index contributed by atoms with van der Waals surface area (Å²) in [5.74, 6) is 1.49. The van der Waals surface area contributed by atoms with Crippen molar-refractivity contribution < 1.29 is 9.94 Å². The van der Waals surface area contributed by atoms with E-state index in [1.807, 2.05) is 25.1 Å². The van der Waals surface area contributed by atoms with E-state index in [0.717, 1.165) is 17.8 Å². The minimum absolute atomic E-state index is 0.101. The smallest absolute Gasteiger partial charge is 0.254 e. The van der Waals surface area contributed by atoms with E-state index in [4.69, 9.17) is 9.94 Å². The van der Waals surface area contributed by atoms with Crippen molar-refractivity contribution in [2.75, 3.05) is 5.32 Å². The molecule has 2 aromatic heterocycles. The summed E-state index contributed by atoms with van der Waals surface area (Å²) in [6.07, 6.45) is 2.49. The largest absolute Gasteiger partial charge is 0.484 e. The summed E-state index contributed by atoms with van der Waals surface area (Å²) in [5, 5.41) is 18.3. The second-order valence-electron chi connectivity index (χ2n) is 6.94. The highest BCUT2D eigenvalue weighted by Gasteiger charge is 2.16. The first-order chi connectivity index (χ1) is 12.4. The molecule has 0 radical (unpaired) electrons. The lowest BCUT2D eigenvalue weighted by Gasteiger charge is -2.20. The van der Waals surface area contributed by atoms with Crippen molar-refractivity contribution in [3.63, 3.8) is 0 Å².